The van der Waals surface area contributed by atoms with Gasteiger partial charge in [0.1, 0.15) is 5.65 Å². The van der Waals surface area contributed by atoms with Crippen LogP contribution in [-0.2, 0) is 0 Å². The van der Waals surface area contributed by atoms with Gasteiger partial charge in [-0.15, -0.1) is 0 Å². The summed E-state index contributed by atoms with van der Waals surface area (Å²) in [7, 11) is 0. The lowest BCUT2D eigenvalue weighted by molar-refractivity contribution is 1.32. The summed E-state index contributed by atoms with van der Waals surface area (Å²) < 4.78 is 2.31. The maximum Gasteiger partial charge on any atom is 0.146 e. The summed E-state index contributed by atoms with van der Waals surface area (Å²) in [5.41, 5.74) is 6.72. The number of pyridine rings is 1. The Morgan fingerprint density at radius 2 is 1.32 bits per heavy atom. The predicted molar refractivity (Wildman–Crippen MR) is 117 cm³/mol. The average Bonchev–Trinajstić information content (AvgIpc) is 3.31. The number of nitrogens with one attached hydrogen (secondary N) is 1. The van der Waals surface area contributed by atoms with Crippen LogP contribution >= 0.6 is 0 Å². The zero-order valence-electron chi connectivity index (χ0n) is 15.0. The first-order chi connectivity index (χ1) is 13.9. The number of imidazole rings is 1. The monoisotopic (exact) mass is 357 g/mol. The number of aromatic amines is 1. The van der Waals surface area contributed by atoms with E-state index in [2.05, 4.69) is 94.3 Å². The summed E-state index contributed by atoms with van der Waals surface area (Å²) in [6.07, 6.45) is 0. The Morgan fingerprint density at radius 3 is 2.25 bits per heavy atom. The fourth-order valence-electron chi connectivity index (χ4n) is 4.65. The summed E-state index contributed by atoms with van der Waals surface area (Å²) >= 11 is 0. The molecule has 3 aromatic heterocycles. The molecule has 0 saturated heterocycles. The third kappa shape index (κ3) is 1.66. The molecule has 0 radical (unpaired) electrons. The molecule has 0 spiro atoms. The van der Waals surface area contributed by atoms with Gasteiger partial charge in [-0.05, 0) is 35.7 Å². The highest BCUT2D eigenvalue weighted by Crippen LogP contribution is 2.36. The smallest absolute Gasteiger partial charge is 0.146 e. The van der Waals surface area contributed by atoms with Crippen LogP contribution in [0.3, 0.4) is 0 Å². The molecule has 0 atom stereocenters. The molecule has 0 aliphatic heterocycles. The van der Waals surface area contributed by atoms with Gasteiger partial charge >= 0.3 is 0 Å². The number of hydrogen-bond donors (Lipinski definition) is 1. The van der Waals surface area contributed by atoms with E-state index in [4.69, 9.17) is 4.98 Å². The van der Waals surface area contributed by atoms with E-state index >= 15 is 0 Å². The van der Waals surface area contributed by atoms with Crippen molar-refractivity contribution in [1.82, 2.24) is 14.4 Å². The van der Waals surface area contributed by atoms with Crippen molar-refractivity contribution in [2.45, 2.75) is 0 Å². The number of benzene rings is 4. The number of hydrogen-bond acceptors (Lipinski definition) is 1. The standard InChI is InChI=1S/C25H15N3/c1-2-9-17-15(7-1)19-13-22-18(16-8-3-4-10-20(16)26-22)14-24(19)28-23-12-6-5-11-21(23)27-25(17)28/h1-14,26H. The third-order valence-electron chi connectivity index (χ3n) is 5.88. The van der Waals surface area contributed by atoms with Crippen molar-refractivity contribution >= 4 is 60.2 Å². The van der Waals surface area contributed by atoms with Gasteiger partial charge in [0.25, 0.3) is 0 Å². The van der Waals surface area contributed by atoms with Gasteiger partial charge in [0.05, 0.1) is 16.6 Å². The highest BCUT2D eigenvalue weighted by Gasteiger charge is 2.15. The Morgan fingerprint density at radius 1 is 0.571 bits per heavy atom. The second kappa shape index (κ2) is 4.90. The molecule has 0 amide bonds. The molecular formula is C25H15N3. The van der Waals surface area contributed by atoms with E-state index < -0.39 is 0 Å². The molecule has 7 aromatic rings. The first-order valence-corrected chi connectivity index (χ1v) is 9.50. The minimum atomic E-state index is 1.02. The first kappa shape index (κ1) is 14.2. The van der Waals surface area contributed by atoms with Crippen LogP contribution < -0.4 is 0 Å². The molecule has 0 aliphatic carbocycles. The number of para-hydroxylation sites is 3. The normalized spacial score (nSPS) is 12.3. The van der Waals surface area contributed by atoms with Gasteiger partial charge < -0.3 is 4.98 Å². The van der Waals surface area contributed by atoms with Crippen LogP contribution in [0.1, 0.15) is 0 Å². The first-order valence-electron chi connectivity index (χ1n) is 9.50. The van der Waals surface area contributed by atoms with E-state index in [0.717, 1.165) is 16.7 Å². The Hall–Kier alpha value is -3.85. The average molecular weight is 357 g/mol. The van der Waals surface area contributed by atoms with Crippen molar-refractivity contribution in [1.29, 1.82) is 0 Å². The zero-order valence-corrected chi connectivity index (χ0v) is 15.0. The van der Waals surface area contributed by atoms with Gasteiger partial charge in [0.2, 0.25) is 0 Å². The second-order valence-electron chi connectivity index (χ2n) is 7.39. The van der Waals surface area contributed by atoms with Crippen LogP contribution in [0.5, 0.6) is 0 Å². The van der Waals surface area contributed by atoms with Gasteiger partial charge in [0.15, 0.2) is 0 Å². The van der Waals surface area contributed by atoms with Crippen molar-refractivity contribution in [2.24, 2.45) is 0 Å². The van der Waals surface area contributed by atoms with Crippen molar-refractivity contribution in [3.05, 3.63) is 84.9 Å². The number of rotatable bonds is 0. The fraction of sp³-hybridized carbons (Fsp3) is 0. The summed E-state index contributed by atoms with van der Waals surface area (Å²) in [5, 5.41) is 6.16. The topological polar surface area (TPSA) is 33.1 Å². The molecule has 28 heavy (non-hydrogen) atoms. The number of fused-ring (bicyclic) bond motifs is 11. The summed E-state index contributed by atoms with van der Waals surface area (Å²) in [6.45, 7) is 0. The fourth-order valence-corrected chi connectivity index (χ4v) is 4.65. The maximum absolute atomic E-state index is 4.98. The molecule has 130 valence electrons. The third-order valence-corrected chi connectivity index (χ3v) is 5.88. The largest absolute Gasteiger partial charge is 0.354 e. The van der Waals surface area contributed by atoms with Gasteiger partial charge in [-0.1, -0.05) is 54.6 Å². The Labute approximate surface area is 159 Å². The molecule has 0 unspecified atom stereocenters. The minimum Gasteiger partial charge on any atom is -0.354 e. The van der Waals surface area contributed by atoms with Gasteiger partial charge in [-0.2, -0.15) is 0 Å². The lowest BCUT2D eigenvalue weighted by Crippen LogP contribution is -1.91. The SMILES string of the molecule is c1ccc2c(c1)nc1c3ccccc3c3cc4[nH]c5ccccc5c4cc3n21. The van der Waals surface area contributed by atoms with E-state index in [1.54, 1.807) is 0 Å². The van der Waals surface area contributed by atoms with E-state index in [9.17, 15) is 0 Å². The lowest BCUT2D eigenvalue weighted by Gasteiger charge is -2.09. The predicted octanol–water partition coefficient (Wildman–Crippen LogP) is 6.43. The van der Waals surface area contributed by atoms with E-state index in [1.165, 1.54) is 43.5 Å². The maximum atomic E-state index is 4.98. The Kier molecular flexibility index (Phi) is 2.49. The molecule has 1 N–H and O–H groups in total. The molecule has 3 heteroatoms. The van der Waals surface area contributed by atoms with Crippen LogP contribution in [0, 0.1) is 0 Å². The van der Waals surface area contributed by atoms with Crippen LogP contribution in [0.4, 0.5) is 0 Å². The van der Waals surface area contributed by atoms with Gasteiger partial charge in [-0.3, -0.25) is 4.40 Å². The molecule has 3 nitrogen and oxygen atoms in total. The number of aromatic nitrogens is 3. The van der Waals surface area contributed by atoms with Crippen LogP contribution in [0.25, 0.3) is 60.2 Å². The lowest BCUT2D eigenvalue weighted by atomic mass is 10.0. The van der Waals surface area contributed by atoms with E-state index in [1.807, 2.05) is 0 Å². The molecular weight excluding hydrogens is 342 g/mol. The highest BCUT2D eigenvalue weighted by atomic mass is 15.0. The molecule has 0 bridgehead atoms. The van der Waals surface area contributed by atoms with Crippen molar-refractivity contribution < 1.29 is 0 Å². The van der Waals surface area contributed by atoms with Gasteiger partial charge in [-0.25, -0.2) is 4.98 Å². The second-order valence-corrected chi connectivity index (χ2v) is 7.39. The Bertz CT molecular complexity index is 1720. The molecule has 0 fully saturated rings. The summed E-state index contributed by atoms with van der Waals surface area (Å²) in [5.74, 6) is 0. The van der Waals surface area contributed by atoms with Crippen molar-refractivity contribution in [2.75, 3.05) is 0 Å². The zero-order chi connectivity index (χ0) is 18.2. The quantitative estimate of drug-likeness (QED) is 0.312. The number of H-pyrrole nitrogens is 1. The molecule has 3 heterocycles. The van der Waals surface area contributed by atoms with Crippen LogP contribution in [0.2, 0.25) is 0 Å². The van der Waals surface area contributed by atoms with E-state index in [0.29, 0.717) is 0 Å². The molecule has 7 rings (SSSR count). The van der Waals surface area contributed by atoms with E-state index in [-0.39, 0.29) is 0 Å². The summed E-state index contributed by atoms with van der Waals surface area (Å²) in [4.78, 5) is 8.57. The summed E-state index contributed by atoms with van der Waals surface area (Å²) in [6, 6.07) is 30.1. The van der Waals surface area contributed by atoms with Crippen LogP contribution in [-0.4, -0.2) is 14.4 Å². The molecule has 4 aromatic carbocycles. The van der Waals surface area contributed by atoms with Crippen molar-refractivity contribution in [3.8, 4) is 0 Å². The molecule has 0 saturated carbocycles. The minimum absolute atomic E-state index is 1.02. The van der Waals surface area contributed by atoms with Crippen LogP contribution in [0.15, 0.2) is 84.9 Å². The van der Waals surface area contributed by atoms with Crippen molar-refractivity contribution in [3.63, 3.8) is 0 Å². The highest BCUT2D eigenvalue weighted by molar-refractivity contribution is 6.19. The Balaban J connectivity index is 1.85. The van der Waals surface area contributed by atoms with Gasteiger partial charge in [0, 0.05) is 32.6 Å². The number of nitrogens with zero attached hydrogens (tertiary/aromatic N) is 2. The molecule has 0 aliphatic rings.